The van der Waals surface area contributed by atoms with Gasteiger partial charge in [-0.15, -0.1) is 0 Å². The number of pyridine rings is 1. The summed E-state index contributed by atoms with van der Waals surface area (Å²) in [5.74, 6) is 0.0928. The fraction of sp³-hybridized carbons (Fsp3) is 0.292. The number of fused-ring (bicyclic) bond motifs is 1. The van der Waals surface area contributed by atoms with E-state index in [-0.39, 0.29) is 17.9 Å². The van der Waals surface area contributed by atoms with Crippen molar-refractivity contribution in [2.24, 2.45) is 0 Å². The molecule has 0 radical (unpaired) electrons. The molecule has 1 N–H and O–H groups in total. The van der Waals surface area contributed by atoms with Gasteiger partial charge in [0.15, 0.2) is 0 Å². The minimum Gasteiger partial charge on any atom is -0.345 e. The molecule has 2 heterocycles. The number of amides is 2. The quantitative estimate of drug-likeness (QED) is 0.715. The van der Waals surface area contributed by atoms with Crippen LogP contribution in [0.4, 0.5) is 0 Å². The number of nitrogens with one attached hydrogen (secondary N) is 1. The first-order valence-electron chi connectivity index (χ1n) is 10.1. The highest BCUT2D eigenvalue weighted by molar-refractivity contribution is 5.96. The van der Waals surface area contributed by atoms with E-state index in [0.717, 1.165) is 40.7 Å². The summed E-state index contributed by atoms with van der Waals surface area (Å²) in [5.41, 5.74) is 4.37. The van der Waals surface area contributed by atoms with E-state index >= 15 is 0 Å². The second kappa shape index (κ2) is 8.03. The van der Waals surface area contributed by atoms with Crippen molar-refractivity contribution < 1.29 is 9.59 Å². The summed E-state index contributed by atoms with van der Waals surface area (Å²) in [6, 6.07) is 17.4. The molecule has 0 saturated carbocycles. The number of likely N-dealkylation sites (tertiary alicyclic amines) is 1. The number of aryl methyl sites for hydroxylation is 1. The molecule has 1 fully saturated rings. The van der Waals surface area contributed by atoms with Crippen molar-refractivity contribution >= 4 is 22.7 Å². The van der Waals surface area contributed by atoms with Crippen LogP contribution in [0.25, 0.3) is 10.9 Å². The number of aromatic nitrogens is 1. The van der Waals surface area contributed by atoms with Crippen LogP contribution in [0.15, 0.2) is 54.6 Å². The minimum absolute atomic E-state index is 0.0900. The second-order valence-corrected chi connectivity index (χ2v) is 7.65. The maximum atomic E-state index is 12.8. The fourth-order valence-corrected chi connectivity index (χ4v) is 3.95. The average Bonchev–Trinajstić information content (AvgIpc) is 3.12. The lowest BCUT2D eigenvalue weighted by atomic mass is 10.0. The van der Waals surface area contributed by atoms with Crippen LogP contribution >= 0.6 is 0 Å². The number of carbonyl (C=O) groups excluding carboxylic acids is 2. The Labute approximate surface area is 170 Å². The summed E-state index contributed by atoms with van der Waals surface area (Å²) in [5, 5.41) is 4.14. The molecule has 1 atom stereocenters. The van der Waals surface area contributed by atoms with Crippen molar-refractivity contribution in [3.05, 3.63) is 77.0 Å². The molecule has 2 amide bonds. The van der Waals surface area contributed by atoms with Crippen molar-refractivity contribution in [3.63, 3.8) is 0 Å². The van der Waals surface area contributed by atoms with Crippen LogP contribution in [-0.2, 0) is 11.3 Å². The van der Waals surface area contributed by atoms with Gasteiger partial charge in [0.25, 0.3) is 5.91 Å². The molecular weight excluding hydrogens is 362 g/mol. The highest BCUT2D eigenvalue weighted by Crippen LogP contribution is 2.26. The van der Waals surface area contributed by atoms with Gasteiger partial charge in [-0.25, -0.2) is 0 Å². The summed E-state index contributed by atoms with van der Waals surface area (Å²) >= 11 is 0. The van der Waals surface area contributed by atoms with Crippen molar-refractivity contribution in [1.29, 1.82) is 0 Å². The third-order valence-corrected chi connectivity index (χ3v) is 5.53. The van der Waals surface area contributed by atoms with Crippen LogP contribution in [0, 0.1) is 6.92 Å². The zero-order valence-corrected chi connectivity index (χ0v) is 16.8. The molecule has 29 heavy (non-hydrogen) atoms. The predicted octanol–water partition coefficient (Wildman–Crippen LogP) is 4.16. The van der Waals surface area contributed by atoms with Gasteiger partial charge in [-0.2, -0.15) is 0 Å². The molecule has 0 unspecified atom stereocenters. The summed E-state index contributed by atoms with van der Waals surface area (Å²) in [6.07, 6.45) is 1.52. The summed E-state index contributed by atoms with van der Waals surface area (Å²) < 4.78 is 0. The topological polar surface area (TPSA) is 62.3 Å². The van der Waals surface area contributed by atoms with Gasteiger partial charge in [0, 0.05) is 23.9 Å². The molecule has 5 nitrogen and oxygen atoms in total. The Kier molecular flexibility index (Phi) is 5.30. The first-order valence-corrected chi connectivity index (χ1v) is 10.1. The monoisotopic (exact) mass is 387 g/mol. The van der Waals surface area contributed by atoms with E-state index in [4.69, 9.17) is 4.98 Å². The van der Waals surface area contributed by atoms with Crippen molar-refractivity contribution in [3.8, 4) is 0 Å². The zero-order valence-electron chi connectivity index (χ0n) is 16.8. The first-order chi connectivity index (χ1) is 14.0. The summed E-state index contributed by atoms with van der Waals surface area (Å²) in [4.78, 5) is 31.5. The average molecular weight is 387 g/mol. The van der Waals surface area contributed by atoms with Gasteiger partial charge in [0.1, 0.15) is 0 Å². The number of para-hydroxylation sites is 1. The Bertz CT molecular complexity index is 1080. The summed E-state index contributed by atoms with van der Waals surface area (Å²) in [7, 11) is 0. The number of hydrogen-bond donors (Lipinski definition) is 1. The van der Waals surface area contributed by atoms with E-state index in [1.54, 1.807) is 0 Å². The zero-order chi connectivity index (χ0) is 20.4. The van der Waals surface area contributed by atoms with Gasteiger partial charge in [0.2, 0.25) is 5.91 Å². The molecule has 1 aromatic heterocycles. The largest absolute Gasteiger partial charge is 0.345 e. The highest BCUT2D eigenvalue weighted by atomic mass is 16.2. The SMILES string of the molecule is Cc1ccccc1C(=O)N[C@@H](C)c1cc(CN2CCCC2=O)nc2ccccc12. The Morgan fingerprint density at radius 3 is 2.69 bits per heavy atom. The van der Waals surface area contributed by atoms with Crippen LogP contribution < -0.4 is 5.32 Å². The van der Waals surface area contributed by atoms with Crippen LogP contribution in [0.1, 0.15) is 53.0 Å². The fourth-order valence-electron chi connectivity index (χ4n) is 3.95. The van der Waals surface area contributed by atoms with Gasteiger partial charge in [-0.05, 0) is 49.6 Å². The molecule has 2 aromatic carbocycles. The number of benzene rings is 2. The molecule has 1 aliphatic rings. The first kappa shape index (κ1) is 19.1. The Balaban J connectivity index is 1.65. The third kappa shape index (κ3) is 3.99. The molecule has 148 valence electrons. The van der Waals surface area contributed by atoms with E-state index in [0.29, 0.717) is 18.5 Å². The van der Waals surface area contributed by atoms with Crippen LogP contribution in [-0.4, -0.2) is 28.2 Å². The molecule has 0 spiro atoms. The van der Waals surface area contributed by atoms with Crippen LogP contribution in [0.2, 0.25) is 0 Å². The lowest BCUT2D eigenvalue weighted by Crippen LogP contribution is -2.28. The number of hydrogen-bond acceptors (Lipinski definition) is 3. The molecule has 1 aliphatic heterocycles. The van der Waals surface area contributed by atoms with Crippen molar-refractivity contribution in [2.45, 2.75) is 39.3 Å². The lowest BCUT2D eigenvalue weighted by molar-refractivity contribution is -0.128. The van der Waals surface area contributed by atoms with Gasteiger partial charge in [-0.3, -0.25) is 14.6 Å². The normalized spacial score (nSPS) is 15.0. The Hall–Kier alpha value is -3.21. The van der Waals surface area contributed by atoms with Gasteiger partial charge in [-0.1, -0.05) is 36.4 Å². The number of nitrogens with zero attached hydrogens (tertiary/aromatic N) is 2. The molecule has 1 saturated heterocycles. The van der Waals surface area contributed by atoms with Crippen LogP contribution in [0.3, 0.4) is 0 Å². The van der Waals surface area contributed by atoms with Gasteiger partial charge in [0.05, 0.1) is 23.8 Å². The van der Waals surface area contributed by atoms with Crippen molar-refractivity contribution in [2.75, 3.05) is 6.54 Å². The highest BCUT2D eigenvalue weighted by Gasteiger charge is 2.22. The minimum atomic E-state index is -0.192. The Morgan fingerprint density at radius 1 is 1.17 bits per heavy atom. The maximum Gasteiger partial charge on any atom is 0.252 e. The third-order valence-electron chi connectivity index (χ3n) is 5.53. The maximum absolute atomic E-state index is 12.8. The Morgan fingerprint density at radius 2 is 1.93 bits per heavy atom. The van der Waals surface area contributed by atoms with E-state index in [1.807, 2.05) is 73.3 Å². The van der Waals surface area contributed by atoms with Gasteiger partial charge >= 0.3 is 0 Å². The van der Waals surface area contributed by atoms with Gasteiger partial charge < -0.3 is 10.2 Å². The second-order valence-electron chi connectivity index (χ2n) is 7.65. The molecule has 5 heteroatoms. The molecule has 0 bridgehead atoms. The molecule has 4 rings (SSSR count). The van der Waals surface area contributed by atoms with Crippen molar-refractivity contribution in [1.82, 2.24) is 15.2 Å². The summed E-state index contributed by atoms with van der Waals surface area (Å²) in [6.45, 7) is 5.21. The van der Waals surface area contributed by atoms with E-state index in [1.165, 1.54) is 0 Å². The molecule has 3 aromatic rings. The predicted molar refractivity (Wildman–Crippen MR) is 113 cm³/mol. The molecular formula is C24H25N3O2. The standard InChI is InChI=1S/C24H25N3O2/c1-16-8-3-4-9-19(16)24(29)25-17(2)21-14-18(15-27-13-7-12-23(27)28)26-22-11-6-5-10-20(21)22/h3-6,8-11,14,17H,7,12-13,15H2,1-2H3,(H,25,29)/t17-/m0/s1. The smallest absolute Gasteiger partial charge is 0.252 e. The lowest BCUT2D eigenvalue weighted by Gasteiger charge is -2.20. The van der Waals surface area contributed by atoms with E-state index in [9.17, 15) is 9.59 Å². The van der Waals surface area contributed by atoms with E-state index in [2.05, 4.69) is 5.32 Å². The van der Waals surface area contributed by atoms with Crippen LogP contribution in [0.5, 0.6) is 0 Å². The van der Waals surface area contributed by atoms with E-state index < -0.39 is 0 Å². The number of carbonyl (C=O) groups is 2. The number of rotatable bonds is 5. The molecule has 0 aliphatic carbocycles.